The van der Waals surface area contributed by atoms with Crippen LogP contribution >= 0.6 is 0 Å². The van der Waals surface area contributed by atoms with E-state index in [-0.39, 0.29) is 12.5 Å². The fourth-order valence-corrected chi connectivity index (χ4v) is 2.01. The molecular weight excluding hydrogens is 223 g/mol. The first kappa shape index (κ1) is 13.3. The second-order valence-corrected chi connectivity index (χ2v) is 4.02. The van der Waals surface area contributed by atoms with Crippen molar-refractivity contribution in [1.82, 2.24) is 4.90 Å². The predicted octanol–water partition coefficient (Wildman–Crippen LogP) is 1.97. The van der Waals surface area contributed by atoms with Crippen LogP contribution in [0.2, 0.25) is 0 Å². The molecule has 1 saturated heterocycles. The minimum absolute atomic E-state index is 0.0482. The average molecular weight is 239 g/mol. The van der Waals surface area contributed by atoms with Crippen LogP contribution in [0.3, 0.4) is 0 Å². The minimum atomic E-state index is -4.20. The minimum Gasteiger partial charge on any atom is -0.469 e. The number of carbonyl (C=O) groups is 1. The van der Waals surface area contributed by atoms with Gasteiger partial charge in [-0.05, 0) is 19.4 Å². The van der Waals surface area contributed by atoms with Gasteiger partial charge < -0.3 is 4.74 Å². The van der Waals surface area contributed by atoms with Gasteiger partial charge in [0.1, 0.15) is 0 Å². The normalized spacial score (nSPS) is 23.1. The van der Waals surface area contributed by atoms with Crippen molar-refractivity contribution in [2.24, 2.45) is 0 Å². The zero-order valence-electron chi connectivity index (χ0n) is 9.22. The number of ether oxygens (including phenoxy) is 1. The van der Waals surface area contributed by atoms with Crippen LogP contribution in [0.25, 0.3) is 0 Å². The van der Waals surface area contributed by atoms with Gasteiger partial charge in [0.15, 0.2) is 0 Å². The molecule has 1 aliphatic heterocycles. The Morgan fingerprint density at radius 3 is 2.69 bits per heavy atom. The van der Waals surface area contributed by atoms with Gasteiger partial charge >= 0.3 is 12.1 Å². The summed E-state index contributed by atoms with van der Waals surface area (Å²) in [4.78, 5) is 12.4. The highest BCUT2D eigenvalue weighted by Gasteiger charge is 2.35. The molecule has 1 aliphatic rings. The lowest BCUT2D eigenvalue weighted by Gasteiger charge is -2.35. The zero-order chi connectivity index (χ0) is 12.2. The Balaban J connectivity index is 2.53. The average Bonchev–Trinajstić information content (AvgIpc) is 2.18. The van der Waals surface area contributed by atoms with Gasteiger partial charge in [-0.25, -0.2) is 0 Å². The van der Waals surface area contributed by atoms with Crippen LogP contribution in [0.4, 0.5) is 13.2 Å². The van der Waals surface area contributed by atoms with Crippen molar-refractivity contribution in [3.63, 3.8) is 0 Å². The SMILES string of the molecule is COC(=O)CC1CCCCN1CC(F)(F)F. The number of likely N-dealkylation sites (tertiary alicyclic amines) is 1. The Morgan fingerprint density at radius 2 is 2.12 bits per heavy atom. The number of alkyl halides is 3. The van der Waals surface area contributed by atoms with E-state index in [4.69, 9.17) is 0 Å². The molecule has 0 bridgehead atoms. The topological polar surface area (TPSA) is 29.5 Å². The smallest absolute Gasteiger partial charge is 0.401 e. The largest absolute Gasteiger partial charge is 0.469 e. The Hall–Kier alpha value is -0.780. The standard InChI is InChI=1S/C10H16F3NO2/c1-16-9(15)6-8-4-2-3-5-14(8)7-10(11,12)13/h8H,2-7H2,1H3. The van der Waals surface area contributed by atoms with E-state index in [1.165, 1.54) is 12.0 Å². The summed E-state index contributed by atoms with van der Waals surface area (Å²) in [6, 6.07) is -0.331. The maximum Gasteiger partial charge on any atom is 0.401 e. The number of rotatable bonds is 3. The van der Waals surface area contributed by atoms with Gasteiger partial charge in [0, 0.05) is 6.04 Å². The lowest BCUT2D eigenvalue weighted by molar-refractivity contribution is -0.158. The summed E-state index contributed by atoms with van der Waals surface area (Å²) in [5.74, 6) is -0.445. The van der Waals surface area contributed by atoms with Crippen molar-refractivity contribution in [2.45, 2.75) is 37.9 Å². The molecule has 0 spiro atoms. The van der Waals surface area contributed by atoms with Crippen molar-refractivity contribution in [1.29, 1.82) is 0 Å². The summed E-state index contributed by atoms with van der Waals surface area (Å²) in [6.07, 6.45) is -1.90. The summed E-state index contributed by atoms with van der Waals surface area (Å²) < 4.78 is 41.3. The number of nitrogens with zero attached hydrogens (tertiary/aromatic N) is 1. The van der Waals surface area contributed by atoms with Gasteiger partial charge in [-0.1, -0.05) is 6.42 Å². The van der Waals surface area contributed by atoms with E-state index in [1.54, 1.807) is 0 Å². The maximum absolute atomic E-state index is 12.3. The Morgan fingerprint density at radius 1 is 1.44 bits per heavy atom. The van der Waals surface area contributed by atoms with E-state index >= 15 is 0 Å². The van der Waals surface area contributed by atoms with E-state index in [0.29, 0.717) is 13.0 Å². The fourth-order valence-electron chi connectivity index (χ4n) is 2.01. The first-order valence-electron chi connectivity index (χ1n) is 5.30. The van der Waals surface area contributed by atoms with Crippen molar-refractivity contribution in [3.05, 3.63) is 0 Å². The van der Waals surface area contributed by atoms with Gasteiger partial charge in [-0.3, -0.25) is 9.69 Å². The van der Waals surface area contributed by atoms with Crippen molar-refractivity contribution >= 4 is 5.97 Å². The second-order valence-electron chi connectivity index (χ2n) is 4.02. The number of halogens is 3. The number of hydrogen-bond donors (Lipinski definition) is 0. The van der Waals surface area contributed by atoms with Gasteiger partial charge in [0.2, 0.25) is 0 Å². The zero-order valence-corrected chi connectivity index (χ0v) is 9.22. The number of methoxy groups -OCH3 is 1. The highest BCUT2D eigenvalue weighted by atomic mass is 19.4. The molecule has 1 atom stereocenters. The predicted molar refractivity (Wildman–Crippen MR) is 51.9 cm³/mol. The number of hydrogen-bond acceptors (Lipinski definition) is 3. The van der Waals surface area contributed by atoms with E-state index < -0.39 is 18.7 Å². The summed E-state index contributed by atoms with van der Waals surface area (Å²) in [7, 11) is 1.25. The maximum atomic E-state index is 12.3. The Kier molecular flexibility index (Phi) is 4.58. The van der Waals surface area contributed by atoms with Crippen LogP contribution in [0, 0.1) is 0 Å². The van der Waals surface area contributed by atoms with Crippen molar-refractivity contribution in [2.75, 3.05) is 20.2 Å². The molecule has 1 fully saturated rings. The molecule has 3 nitrogen and oxygen atoms in total. The third-order valence-corrected chi connectivity index (χ3v) is 2.76. The van der Waals surface area contributed by atoms with Crippen molar-refractivity contribution < 1.29 is 22.7 Å². The van der Waals surface area contributed by atoms with Crippen LogP contribution < -0.4 is 0 Å². The summed E-state index contributed by atoms with van der Waals surface area (Å²) >= 11 is 0. The number of esters is 1. The van der Waals surface area contributed by atoms with Crippen LogP contribution in [0.5, 0.6) is 0 Å². The van der Waals surface area contributed by atoms with E-state index in [1.807, 2.05) is 0 Å². The molecule has 94 valence electrons. The van der Waals surface area contributed by atoms with Crippen LogP contribution in [0.15, 0.2) is 0 Å². The molecule has 1 heterocycles. The highest BCUT2D eigenvalue weighted by Crippen LogP contribution is 2.25. The molecule has 16 heavy (non-hydrogen) atoms. The van der Waals surface area contributed by atoms with Crippen molar-refractivity contribution in [3.8, 4) is 0 Å². The molecule has 0 N–H and O–H groups in total. The Bertz CT molecular complexity index is 243. The summed E-state index contributed by atoms with van der Waals surface area (Å²) in [6.45, 7) is -0.532. The van der Waals surface area contributed by atoms with Crippen LogP contribution in [-0.4, -0.2) is 43.3 Å². The van der Waals surface area contributed by atoms with E-state index in [2.05, 4.69) is 4.74 Å². The monoisotopic (exact) mass is 239 g/mol. The molecule has 1 rings (SSSR count). The third kappa shape index (κ3) is 4.38. The van der Waals surface area contributed by atoms with Gasteiger partial charge in [0.05, 0.1) is 20.1 Å². The molecule has 0 saturated carbocycles. The van der Waals surface area contributed by atoms with E-state index in [0.717, 1.165) is 12.8 Å². The van der Waals surface area contributed by atoms with Gasteiger partial charge in [-0.15, -0.1) is 0 Å². The molecule has 0 aromatic carbocycles. The van der Waals surface area contributed by atoms with Gasteiger partial charge in [0.25, 0.3) is 0 Å². The van der Waals surface area contributed by atoms with Crippen LogP contribution in [0.1, 0.15) is 25.7 Å². The quantitative estimate of drug-likeness (QED) is 0.705. The molecule has 0 aliphatic carbocycles. The molecule has 1 unspecified atom stereocenters. The third-order valence-electron chi connectivity index (χ3n) is 2.76. The lowest BCUT2D eigenvalue weighted by atomic mass is 9.99. The molecule has 6 heteroatoms. The van der Waals surface area contributed by atoms with Crippen LogP contribution in [-0.2, 0) is 9.53 Å². The lowest BCUT2D eigenvalue weighted by Crippen LogP contribution is -2.45. The first-order valence-corrected chi connectivity index (χ1v) is 5.30. The first-order chi connectivity index (χ1) is 7.42. The Labute approximate surface area is 92.5 Å². The molecular formula is C10H16F3NO2. The fraction of sp³-hybridized carbons (Fsp3) is 0.900. The molecule has 0 aromatic heterocycles. The highest BCUT2D eigenvalue weighted by molar-refractivity contribution is 5.69. The summed E-state index contributed by atoms with van der Waals surface area (Å²) in [5.41, 5.74) is 0. The second kappa shape index (κ2) is 5.52. The summed E-state index contributed by atoms with van der Waals surface area (Å²) in [5, 5.41) is 0. The number of piperidine rings is 1. The molecule has 0 radical (unpaired) electrons. The van der Waals surface area contributed by atoms with E-state index in [9.17, 15) is 18.0 Å². The molecule has 0 amide bonds. The molecule has 0 aromatic rings. The number of carbonyl (C=O) groups excluding carboxylic acids is 1. The van der Waals surface area contributed by atoms with Gasteiger partial charge in [-0.2, -0.15) is 13.2 Å².